The first-order valence-corrected chi connectivity index (χ1v) is 9.70. The Hall–Kier alpha value is -1.80. The molecule has 1 aliphatic rings. The lowest BCUT2D eigenvalue weighted by Crippen LogP contribution is -2.33. The fourth-order valence-electron chi connectivity index (χ4n) is 3.40. The number of amides is 1. The summed E-state index contributed by atoms with van der Waals surface area (Å²) in [6.07, 6.45) is 2.06. The van der Waals surface area contributed by atoms with Crippen molar-refractivity contribution in [3.8, 4) is 11.5 Å². The zero-order chi connectivity index (χ0) is 18.5. The normalized spacial score (nSPS) is 17.1. The van der Waals surface area contributed by atoms with Gasteiger partial charge in [-0.05, 0) is 72.3 Å². The Labute approximate surface area is 167 Å². The largest absolute Gasteiger partial charge is 0.497 e. The third-order valence-corrected chi connectivity index (χ3v) is 5.59. The maximum absolute atomic E-state index is 12.6. The van der Waals surface area contributed by atoms with Gasteiger partial charge in [-0.25, -0.2) is 0 Å². The highest BCUT2D eigenvalue weighted by Crippen LogP contribution is 2.38. The lowest BCUT2D eigenvalue weighted by Gasteiger charge is -2.26. The SMILES string of the molecule is COc1ccc(OC)c([C@H]2CCCN2CC(=O)Nc2ccccc2I)c1. The molecule has 1 heterocycles. The number of nitrogens with one attached hydrogen (secondary N) is 1. The van der Waals surface area contributed by atoms with E-state index in [-0.39, 0.29) is 11.9 Å². The summed E-state index contributed by atoms with van der Waals surface area (Å²) in [6.45, 7) is 1.25. The van der Waals surface area contributed by atoms with Crippen LogP contribution in [-0.2, 0) is 4.79 Å². The summed E-state index contributed by atoms with van der Waals surface area (Å²) in [7, 11) is 3.33. The van der Waals surface area contributed by atoms with Gasteiger partial charge >= 0.3 is 0 Å². The van der Waals surface area contributed by atoms with Crippen molar-refractivity contribution in [1.29, 1.82) is 0 Å². The number of nitrogens with zero attached hydrogens (tertiary/aromatic N) is 1. The van der Waals surface area contributed by atoms with E-state index >= 15 is 0 Å². The van der Waals surface area contributed by atoms with Crippen LogP contribution in [0.2, 0.25) is 0 Å². The standard InChI is InChI=1S/C20H23IN2O3/c1-25-14-9-10-19(26-2)15(12-14)18-8-5-11-23(18)13-20(24)22-17-7-4-3-6-16(17)21/h3-4,6-7,9-10,12,18H,5,8,11,13H2,1-2H3,(H,22,24)/t18-/m1/s1. The molecule has 0 unspecified atom stereocenters. The van der Waals surface area contributed by atoms with E-state index in [1.54, 1.807) is 14.2 Å². The molecule has 0 aromatic heterocycles. The maximum Gasteiger partial charge on any atom is 0.238 e. The second-order valence-electron chi connectivity index (χ2n) is 6.26. The number of benzene rings is 2. The minimum absolute atomic E-state index is 0.00267. The fraction of sp³-hybridized carbons (Fsp3) is 0.350. The molecule has 26 heavy (non-hydrogen) atoms. The minimum atomic E-state index is 0.00267. The molecule has 2 aromatic carbocycles. The van der Waals surface area contributed by atoms with Crippen LogP contribution in [0.25, 0.3) is 0 Å². The van der Waals surface area contributed by atoms with Crippen molar-refractivity contribution in [3.63, 3.8) is 0 Å². The van der Waals surface area contributed by atoms with Gasteiger partial charge < -0.3 is 14.8 Å². The number of anilines is 1. The van der Waals surface area contributed by atoms with Crippen LogP contribution in [0.5, 0.6) is 11.5 Å². The lowest BCUT2D eigenvalue weighted by atomic mass is 10.0. The quantitative estimate of drug-likeness (QED) is 0.652. The van der Waals surface area contributed by atoms with Gasteiger partial charge in [-0.2, -0.15) is 0 Å². The van der Waals surface area contributed by atoms with Crippen molar-refractivity contribution >= 4 is 34.2 Å². The number of likely N-dealkylation sites (tertiary alicyclic amines) is 1. The Morgan fingerprint density at radius 3 is 2.77 bits per heavy atom. The van der Waals surface area contributed by atoms with Crippen LogP contribution in [0.3, 0.4) is 0 Å². The molecule has 1 atom stereocenters. The van der Waals surface area contributed by atoms with Crippen molar-refractivity contribution in [2.45, 2.75) is 18.9 Å². The van der Waals surface area contributed by atoms with Gasteiger partial charge in [0.25, 0.3) is 0 Å². The molecule has 138 valence electrons. The van der Waals surface area contributed by atoms with Crippen molar-refractivity contribution in [1.82, 2.24) is 4.90 Å². The van der Waals surface area contributed by atoms with E-state index in [4.69, 9.17) is 9.47 Å². The van der Waals surface area contributed by atoms with Crippen LogP contribution in [0, 0.1) is 3.57 Å². The van der Waals surface area contributed by atoms with E-state index in [0.29, 0.717) is 6.54 Å². The second kappa shape index (κ2) is 8.73. The van der Waals surface area contributed by atoms with Crippen LogP contribution < -0.4 is 14.8 Å². The Morgan fingerprint density at radius 2 is 2.04 bits per heavy atom. The molecule has 1 amide bonds. The fourth-order valence-corrected chi connectivity index (χ4v) is 3.93. The van der Waals surface area contributed by atoms with E-state index in [1.165, 1.54) is 0 Å². The Bertz CT molecular complexity index is 781. The van der Waals surface area contributed by atoms with E-state index in [0.717, 1.165) is 45.7 Å². The van der Waals surface area contributed by atoms with Crippen molar-refractivity contribution < 1.29 is 14.3 Å². The number of hydrogen-bond donors (Lipinski definition) is 1. The molecule has 0 aliphatic carbocycles. The van der Waals surface area contributed by atoms with Crippen molar-refractivity contribution in [3.05, 3.63) is 51.6 Å². The van der Waals surface area contributed by atoms with E-state index in [1.807, 2.05) is 42.5 Å². The highest BCUT2D eigenvalue weighted by molar-refractivity contribution is 14.1. The van der Waals surface area contributed by atoms with Gasteiger partial charge in [0.05, 0.1) is 26.5 Å². The average molecular weight is 466 g/mol. The zero-order valence-electron chi connectivity index (χ0n) is 15.0. The van der Waals surface area contributed by atoms with Gasteiger partial charge in [-0.1, -0.05) is 12.1 Å². The lowest BCUT2D eigenvalue weighted by molar-refractivity contribution is -0.117. The molecule has 1 saturated heterocycles. The monoisotopic (exact) mass is 466 g/mol. The highest BCUT2D eigenvalue weighted by atomic mass is 127. The Morgan fingerprint density at radius 1 is 1.23 bits per heavy atom. The molecule has 1 N–H and O–H groups in total. The number of carbonyl (C=O) groups excluding carboxylic acids is 1. The Balaban J connectivity index is 1.74. The number of hydrogen-bond acceptors (Lipinski definition) is 4. The summed E-state index contributed by atoms with van der Waals surface area (Å²) in [5, 5.41) is 3.02. The van der Waals surface area contributed by atoms with Gasteiger partial charge in [0.1, 0.15) is 11.5 Å². The zero-order valence-corrected chi connectivity index (χ0v) is 17.2. The van der Waals surface area contributed by atoms with Gasteiger partial charge in [0.2, 0.25) is 5.91 Å². The summed E-state index contributed by atoms with van der Waals surface area (Å²) in [5.41, 5.74) is 1.93. The number of ether oxygens (including phenoxy) is 2. The first kappa shape index (κ1) is 19.0. The van der Waals surface area contributed by atoms with E-state index in [2.05, 4.69) is 32.8 Å². The minimum Gasteiger partial charge on any atom is -0.497 e. The van der Waals surface area contributed by atoms with Crippen molar-refractivity contribution in [2.75, 3.05) is 32.6 Å². The summed E-state index contributed by atoms with van der Waals surface area (Å²) in [5.74, 6) is 1.64. The van der Waals surface area contributed by atoms with Crippen molar-refractivity contribution in [2.24, 2.45) is 0 Å². The molecular formula is C20H23IN2O3. The third kappa shape index (κ3) is 4.29. The van der Waals surface area contributed by atoms with Gasteiger partial charge in [-0.15, -0.1) is 0 Å². The third-order valence-electron chi connectivity index (χ3n) is 4.65. The molecule has 0 saturated carbocycles. The Kier molecular flexibility index (Phi) is 6.37. The number of halogens is 1. The first-order chi connectivity index (χ1) is 12.6. The van der Waals surface area contributed by atoms with Crippen LogP contribution in [-0.4, -0.2) is 38.1 Å². The van der Waals surface area contributed by atoms with Gasteiger partial charge in [-0.3, -0.25) is 9.69 Å². The van der Waals surface area contributed by atoms with Gasteiger partial charge in [0.15, 0.2) is 0 Å². The van der Waals surface area contributed by atoms with Crippen LogP contribution in [0.15, 0.2) is 42.5 Å². The summed E-state index contributed by atoms with van der Waals surface area (Å²) in [6, 6.07) is 13.8. The molecule has 3 rings (SSSR count). The molecule has 0 bridgehead atoms. The second-order valence-corrected chi connectivity index (χ2v) is 7.43. The maximum atomic E-state index is 12.6. The highest BCUT2D eigenvalue weighted by Gasteiger charge is 2.30. The molecule has 5 nitrogen and oxygen atoms in total. The van der Waals surface area contributed by atoms with Gasteiger partial charge in [0, 0.05) is 15.2 Å². The predicted octanol–water partition coefficient (Wildman–Crippen LogP) is 4.08. The smallest absolute Gasteiger partial charge is 0.238 e. The molecule has 0 spiro atoms. The topological polar surface area (TPSA) is 50.8 Å². The number of carbonyl (C=O) groups is 1. The van der Waals surface area contributed by atoms with Crippen LogP contribution >= 0.6 is 22.6 Å². The molecule has 2 aromatic rings. The van der Waals surface area contributed by atoms with Crippen LogP contribution in [0.1, 0.15) is 24.4 Å². The molecule has 1 fully saturated rings. The molecule has 1 aliphatic heterocycles. The number of methoxy groups -OCH3 is 2. The molecule has 0 radical (unpaired) electrons. The molecular weight excluding hydrogens is 443 g/mol. The van der Waals surface area contributed by atoms with E-state index < -0.39 is 0 Å². The summed E-state index contributed by atoms with van der Waals surface area (Å²) in [4.78, 5) is 14.8. The first-order valence-electron chi connectivity index (χ1n) is 8.62. The van der Waals surface area contributed by atoms with Crippen LogP contribution in [0.4, 0.5) is 5.69 Å². The molecule has 6 heteroatoms. The summed E-state index contributed by atoms with van der Waals surface area (Å²) >= 11 is 2.23. The van der Waals surface area contributed by atoms with E-state index in [9.17, 15) is 4.79 Å². The average Bonchev–Trinajstić information content (AvgIpc) is 3.10. The predicted molar refractivity (Wildman–Crippen MR) is 111 cm³/mol. The number of para-hydroxylation sites is 1. The summed E-state index contributed by atoms with van der Waals surface area (Å²) < 4.78 is 11.9. The number of rotatable bonds is 6.